The van der Waals surface area contributed by atoms with Crippen molar-refractivity contribution in [2.75, 3.05) is 0 Å². The highest BCUT2D eigenvalue weighted by Gasteiger charge is 2.28. The van der Waals surface area contributed by atoms with Crippen LogP contribution in [0.2, 0.25) is 12.6 Å². The van der Waals surface area contributed by atoms with Crippen molar-refractivity contribution in [2.45, 2.75) is 38.3 Å². The Bertz CT molecular complexity index is 88.7. The number of rotatable bonds is 0. The van der Waals surface area contributed by atoms with E-state index in [-0.39, 0.29) is 0 Å². The summed E-state index contributed by atoms with van der Waals surface area (Å²) in [4.78, 5) is 0. The van der Waals surface area contributed by atoms with Crippen LogP contribution in [0.15, 0.2) is 0 Å². The van der Waals surface area contributed by atoms with Crippen molar-refractivity contribution < 1.29 is 0 Å². The van der Waals surface area contributed by atoms with E-state index in [0.29, 0.717) is 0 Å². The molecule has 1 aliphatic heterocycles. The lowest BCUT2D eigenvalue weighted by atomic mass is 9.58. The molecule has 1 heteroatoms. The molecule has 1 saturated heterocycles. The van der Waals surface area contributed by atoms with E-state index in [1.807, 2.05) is 0 Å². The van der Waals surface area contributed by atoms with Crippen molar-refractivity contribution in [1.29, 1.82) is 0 Å². The Morgan fingerprint density at radius 2 is 1.89 bits per heavy atom. The van der Waals surface area contributed by atoms with Crippen LogP contribution in [0.5, 0.6) is 0 Å². The lowest BCUT2D eigenvalue weighted by Crippen LogP contribution is -2.16. The van der Waals surface area contributed by atoms with Crippen molar-refractivity contribution in [2.24, 2.45) is 11.8 Å². The second-order valence-corrected chi connectivity index (χ2v) is 3.55. The smallest absolute Gasteiger partial charge is 0.0800 e. The molecular weight excluding hydrogens is 107 g/mol. The van der Waals surface area contributed by atoms with E-state index in [9.17, 15) is 0 Å². The molecule has 49 valence electrons. The fourth-order valence-corrected chi connectivity index (χ4v) is 2.47. The third-order valence-electron chi connectivity index (χ3n) is 3.03. The normalized spacial score (nSPS) is 41.8. The predicted molar refractivity (Wildman–Crippen MR) is 40.8 cm³/mol. The van der Waals surface area contributed by atoms with Crippen LogP contribution in [0.25, 0.3) is 0 Å². The molecule has 2 aliphatic rings. The SMILES string of the molecule is [B]1CCC2CCCC2C1. The largest absolute Gasteiger partial charge is 0.109 e. The van der Waals surface area contributed by atoms with Crippen LogP contribution in [-0.2, 0) is 0 Å². The minimum atomic E-state index is 1.11. The molecule has 0 amide bonds. The summed E-state index contributed by atoms with van der Waals surface area (Å²) < 4.78 is 0. The topological polar surface area (TPSA) is 0 Å². The molecule has 1 heterocycles. The van der Waals surface area contributed by atoms with Gasteiger partial charge in [0.15, 0.2) is 0 Å². The minimum Gasteiger partial charge on any atom is -0.0800 e. The van der Waals surface area contributed by atoms with Gasteiger partial charge < -0.3 is 0 Å². The van der Waals surface area contributed by atoms with Crippen molar-refractivity contribution in [3.05, 3.63) is 0 Å². The first-order chi connectivity index (χ1) is 4.47. The van der Waals surface area contributed by atoms with Gasteiger partial charge in [-0.3, -0.25) is 0 Å². The van der Waals surface area contributed by atoms with E-state index >= 15 is 0 Å². The highest BCUT2D eigenvalue weighted by Crippen LogP contribution is 2.40. The molecule has 0 N–H and O–H groups in total. The first-order valence-corrected chi connectivity index (χ1v) is 4.28. The Labute approximate surface area is 58.3 Å². The molecule has 0 aromatic carbocycles. The first-order valence-electron chi connectivity index (χ1n) is 4.28. The minimum absolute atomic E-state index is 1.11. The van der Waals surface area contributed by atoms with E-state index in [0.717, 1.165) is 11.8 Å². The number of hydrogen-bond donors (Lipinski definition) is 0. The number of fused-ring (bicyclic) bond motifs is 1. The maximum absolute atomic E-state index is 2.49. The lowest BCUT2D eigenvalue weighted by Gasteiger charge is -2.23. The van der Waals surface area contributed by atoms with Gasteiger partial charge in [-0.15, -0.1) is 0 Å². The van der Waals surface area contributed by atoms with E-state index in [4.69, 9.17) is 0 Å². The summed E-state index contributed by atoms with van der Waals surface area (Å²) in [7, 11) is 2.49. The molecule has 0 aromatic heterocycles. The zero-order valence-corrected chi connectivity index (χ0v) is 5.97. The van der Waals surface area contributed by atoms with Gasteiger partial charge in [-0.25, -0.2) is 0 Å². The monoisotopic (exact) mass is 121 g/mol. The second-order valence-electron chi connectivity index (χ2n) is 3.55. The van der Waals surface area contributed by atoms with Gasteiger partial charge in [0.05, 0.1) is 0 Å². The van der Waals surface area contributed by atoms with E-state index in [1.54, 1.807) is 6.42 Å². The van der Waals surface area contributed by atoms with Crippen molar-refractivity contribution >= 4 is 7.28 Å². The quantitative estimate of drug-likeness (QED) is 0.431. The van der Waals surface area contributed by atoms with Gasteiger partial charge in [0.2, 0.25) is 0 Å². The van der Waals surface area contributed by atoms with Crippen LogP contribution in [0.4, 0.5) is 0 Å². The third-order valence-corrected chi connectivity index (χ3v) is 3.03. The average Bonchev–Trinajstić information content (AvgIpc) is 2.33. The predicted octanol–water partition coefficient (Wildman–Crippen LogP) is 2.35. The maximum atomic E-state index is 2.49. The summed E-state index contributed by atoms with van der Waals surface area (Å²) >= 11 is 0. The van der Waals surface area contributed by atoms with E-state index < -0.39 is 0 Å². The molecule has 2 fully saturated rings. The van der Waals surface area contributed by atoms with Crippen molar-refractivity contribution in [3.63, 3.8) is 0 Å². The molecule has 1 aliphatic carbocycles. The molecule has 1 saturated carbocycles. The van der Waals surface area contributed by atoms with Crippen LogP contribution >= 0.6 is 0 Å². The van der Waals surface area contributed by atoms with Crippen LogP contribution < -0.4 is 0 Å². The molecule has 0 nitrogen and oxygen atoms in total. The van der Waals surface area contributed by atoms with Gasteiger partial charge in [0.1, 0.15) is 7.28 Å². The Morgan fingerprint density at radius 1 is 1.00 bits per heavy atom. The second kappa shape index (κ2) is 2.36. The van der Waals surface area contributed by atoms with Crippen LogP contribution in [0, 0.1) is 11.8 Å². The summed E-state index contributed by atoms with van der Waals surface area (Å²) in [5.41, 5.74) is 0. The van der Waals surface area contributed by atoms with Crippen molar-refractivity contribution in [1.82, 2.24) is 0 Å². The van der Waals surface area contributed by atoms with Crippen LogP contribution in [-0.4, -0.2) is 7.28 Å². The molecule has 2 unspecified atom stereocenters. The van der Waals surface area contributed by atoms with Crippen LogP contribution in [0.3, 0.4) is 0 Å². The molecular formula is C8H14B. The third kappa shape index (κ3) is 1.02. The highest BCUT2D eigenvalue weighted by atomic mass is 14.3. The summed E-state index contributed by atoms with van der Waals surface area (Å²) in [6.45, 7) is 0. The zero-order chi connectivity index (χ0) is 6.10. The standard InChI is InChI=1S/C8H14B/c1-2-7-4-5-9-6-8(7)3-1/h7-8H,1-6H2. The molecule has 9 heavy (non-hydrogen) atoms. The van der Waals surface area contributed by atoms with Gasteiger partial charge in [-0.1, -0.05) is 38.3 Å². The lowest BCUT2D eigenvalue weighted by molar-refractivity contribution is 0.390. The van der Waals surface area contributed by atoms with Gasteiger partial charge in [-0.2, -0.15) is 0 Å². The molecule has 1 radical (unpaired) electrons. The average molecular weight is 121 g/mol. The summed E-state index contributed by atoms with van der Waals surface area (Å²) in [5.74, 6) is 2.24. The zero-order valence-electron chi connectivity index (χ0n) is 5.97. The fraction of sp³-hybridized carbons (Fsp3) is 1.00. The Hall–Kier alpha value is 0.0649. The Morgan fingerprint density at radius 3 is 2.78 bits per heavy atom. The van der Waals surface area contributed by atoms with Gasteiger partial charge in [0.25, 0.3) is 0 Å². The molecule has 0 aromatic rings. The highest BCUT2D eigenvalue weighted by molar-refractivity contribution is 6.35. The molecule has 2 rings (SSSR count). The molecule has 2 atom stereocenters. The van der Waals surface area contributed by atoms with Crippen LogP contribution in [0.1, 0.15) is 25.7 Å². The van der Waals surface area contributed by atoms with Gasteiger partial charge >= 0.3 is 0 Å². The maximum Gasteiger partial charge on any atom is 0.109 e. The Balaban J connectivity index is 1.97. The Kier molecular flexibility index (Phi) is 1.53. The first kappa shape index (κ1) is 5.82. The molecule has 0 spiro atoms. The summed E-state index contributed by atoms with van der Waals surface area (Å²) in [6.07, 6.45) is 8.93. The van der Waals surface area contributed by atoms with Gasteiger partial charge in [0, 0.05) is 0 Å². The summed E-state index contributed by atoms with van der Waals surface area (Å²) in [5, 5.41) is 0. The number of hydrogen-bond acceptors (Lipinski definition) is 0. The van der Waals surface area contributed by atoms with E-state index in [1.165, 1.54) is 31.9 Å². The fourth-order valence-electron chi connectivity index (χ4n) is 2.47. The van der Waals surface area contributed by atoms with Gasteiger partial charge in [-0.05, 0) is 11.8 Å². The molecule has 0 bridgehead atoms. The van der Waals surface area contributed by atoms with E-state index in [2.05, 4.69) is 7.28 Å². The van der Waals surface area contributed by atoms with Crippen molar-refractivity contribution in [3.8, 4) is 0 Å². The summed E-state index contributed by atoms with van der Waals surface area (Å²) in [6, 6.07) is 0.